The van der Waals surface area contributed by atoms with Crippen LogP contribution < -0.4 is 10.5 Å². The molecule has 1 aromatic rings. The summed E-state index contributed by atoms with van der Waals surface area (Å²) in [5.41, 5.74) is 7.32. The van der Waals surface area contributed by atoms with Gasteiger partial charge in [-0.3, -0.25) is 4.79 Å². The summed E-state index contributed by atoms with van der Waals surface area (Å²) < 4.78 is 5.11. The van der Waals surface area contributed by atoms with E-state index in [4.69, 9.17) is 10.5 Å². The van der Waals surface area contributed by atoms with Gasteiger partial charge in [-0.1, -0.05) is 13.0 Å². The van der Waals surface area contributed by atoms with E-state index in [0.29, 0.717) is 11.4 Å². The number of piperidine rings is 1. The van der Waals surface area contributed by atoms with E-state index in [0.717, 1.165) is 37.4 Å². The third-order valence-electron chi connectivity index (χ3n) is 3.77. The van der Waals surface area contributed by atoms with E-state index in [2.05, 4.69) is 6.92 Å². The number of anilines is 1. The van der Waals surface area contributed by atoms with Crippen molar-refractivity contribution in [1.29, 1.82) is 0 Å². The first kappa shape index (κ1) is 14.4. The highest BCUT2D eigenvalue weighted by molar-refractivity contribution is 5.92. The maximum absolute atomic E-state index is 12.1. The molecule has 0 bridgehead atoms. The number of nitrogens with two attached hydrogens (primary N) is 1. The lowest BCUT2D eigenvalue weighted by Crippen LogP contribution is -2.36. The van der Waals surface area contributed by atoms with Crippen molar-refractivity contribution < 1.29 is 9.53 Å². The molecule has 1 amide bonds. The van der Waals surface area contributed by atoms with E-state index in [1.807, 2.05) is 17.0 Å². The van der Waals surface area contributed by atoms with Crippen LogP contribution in [0.1, 0.15) is 25.3 Å². The van der Waals surface area contributed by atoms with Crippen molar-refractivity contribution in [1.82, 2.24) is 4.90 Å². The number of benzene rings is 1. The second-order valence-corrected chi connectivity index (χ2v) is 5.34. The van der Waals surface area contributed by atoms with Crippen LogP contribution in [-0.2, 0) is 4.79 Å². The molecule has 1 aliphatic rings. The van der Waals surface area contributed by atoms with Gasteiger partial charge in [0, 0.05) is 19.2 Å². The summed E-state index contributed by atoms with van der Waals surface area (Å²) >= 11 is 0. The maximum Gasteiger partial charge on any atom is 0.246 e. The Morgan fingerprint density at radius 2 is 2.10 bits per heavy atom. The third kappa shape index (κ3) is 3.53. The summed E-state index contributed by atoms with van der Waals surface area (Å²) in [6.45, 7) is 3.95. The molecule has 1 heterocycles. The molecule has 1 saturated heterocycles. The quantitative estimate of drug-likeness (QED) is 0.680. The van der Waals surface area contributed by atoms with Gasteiger partial charge in [-0.25, -0.2) is 0 Å². The molecule has 0 aliphatic carbocycles. The lowest BCUT2D eigenvalue weighted by molar-refractivity contribution is -0.127. The number of carbonyl (C=O) groups is 1. The molecule has 2 N–H and O–H groups in total. The van der Waals surface area contributed by atoms with Crippen molar-refractivity contribution in [3.05, 3.63) is 29.8 Å². The highest BCUT2D eigenvalue weighted by Crippen LogP contribution is 2.22. The number of nitrogens with zero attached hydrogens (tertiary/aromatic N) is 1. The molecule has 4 nitrogen and oxygen atoms in total. The molecule has 0 spiro atoms. The summed E-state index contributed by atoms with van der Waals surface area (Å²) in [5, 5.41) is 0. The molecule has 1 aliphatic heterocycles. The van der Waals surface area contributed by atoms with Crippen LogP contribution in [0.25, 0.3) is 6.08 Å². The smallest absolute Gasteiger partial charge is 0.246 e. The van der Waals surface area contributed by atoms with E-state index in [1.54, 1.807) is 25.3 Å². The Bertz CT molecular complexity index is 503. The molecule has 108 valence electrons. The van der Waals surface area contributed by atoms with Gasteiger partial charge in [0.05, 0.1) is 12.8 Å². The summed E-state index contributed by atoms with van der Waals surface area (Å²) in [5.74, 6) is 1.45. The van der Waals surface area contributed by atoms with Crippen LogP contribution in [0.2, 0.25) is 0 Å². The number of rotatable bonds is 3. The Morgan fingerprint density at radius 3 is 2.70 bits per heavy atom. The number of amides is 1. The number of methoxy groups -OCH3 is 1. The second-order valence-electron chi connectivity index (χ2n) is 5.34. The van der Waals surface area contributed by atoms with Crippen LogP contribution in [-0.4, -0.2) is 31.0 Å². The van der Waals surface area contributed by atoms with Crippen LogP contribution in [0, 0.1) is 5.92 Å². The van der Waals surface area contributed by atoms with Gasteiger partial charge >= 0.3 is 0 Å². The Labute approximate surface area is 120 Å². The fourth-order valence-corrected chi connectivity index (χ4v) is 2.36. The van der Waals surface area contributed by atoms with Gasteiger partial charge in [0.1, 0.15) is 5.75 Å². The van der Waals surface area contributed by atoms with Gasteiger partial charge < -0.3 is 15.4 Å². The van der Waals surface area contributed by atoms with Crippen molar-refractivity contribution >= 4 is 17.7 Å². The van der Waals surface area contributed by atoms with Gasteiger partial charge in [-0.15, -0.1) is 0 Å². The monoisotopic (exact) mass is 274 g/mol. The SMILES string of the molecule is COc1ccc(/C=C/C(=O)N2CCC(C)CC2)cc1N. The van der Waals surface area contributed by atoms with Crippen LogP contribution in [0.4, 0.5) is 5.69 Å². The zero-order chi connectivity index (χ0) is 14.5. The molecule has 0 radical (unpaired) electrons. The summed E-state index contributed by atoms with van der Waals surface area (Å²) in [6, 6.07) is 5.50. The molecular weight excluding hydrogens is 252 g/mol. The van der Waals surface area contributed by atoms with E-state index in [1.165, 1.54) is 0 Å². The lowest BCUT2D eigenvalue weighted by atomic mass is 9.99. The third-order valence-corrected chi connectivity index (χ3v) is 3.77. The minimum atomic E-state index is 0.0753. The van der Waals surface area contributed by atoms with E-state index in [-0.39, 0.29) is 5.91 Å². The largest absolute Gasteiger partial charge is 0.495 e. The number of hydrogen-bond acceptors (Lipinski definition) is 3. The number of ether oxygens (including phenoxy) is 1. The number of nitrogen functional groups attached to an aromatic ring is 1. The van der Waals surface area contributed by atoms with Gasteiger partial charge in [0.2, 0.25) is 5.91 Å². The maximum atomic E-state index is 12.1. The number of hydrogen-bond donors (Lipinski definition) is 1. The predicted molar refractivity (Wildman–Crippen MR) is 81.4 cm³/mol. The van der Waals surface area contributed by atoms with Crippen LogP contribution in [0.15, 0.2) is 24.3 Å². The van der Waals surface area contributed by atoms with E-state index >= 15 is 0 Å². The molecule has 0 atom stereocenters. The second kappa shape index (κ2) is 6.46. The van der Waals surface area contributed by atoms with Gasteiger partial charge in [-0.05, 0) is 42.5 Å². The summed E-state index contributed by atoms with van der Waals surface area (Å²) in [4.78, 5) is 14.0. The van der Waals surface area contributed by atoms with E-state index in [9.17, 15) is 4.79 Å². The normalized spacial score (nSPS) is 16.6. The van der Waals surface area contributed by atoms with Crippen LogP contribution in [0.3, 0.4) is 0 Å². The molecule has 1 fully saturated rings. The minimum absolute atomic E-state index is 0.0753. The molecule has 0 saturated carbocycles. The van der Waals surface area contributed by atoms with Crippen LogP contribution in [0.5, 0.6) is 5.75 Å². The van der Waals surface area contributed by atoms with Crippen molar-refractivity contribution in [2.45, 2.75) is 19.8 Å². The minimum Gasteiger partial charge on any atom is -0.495 e. The Hall–Kier alpha value is -1.97. The average molecular weight is 274 g/mol. The number of carbonyl (C=O) groups excluding carboxylic acids is 1. The fourth-order valence-electron chi connectivity index (χ4n) is 2.36. The van der Waals surface area contributed by atoms with Gasteiger partial charge in [0.25, 0.3) is 0 Å². The van der Waals surface area contributed by atoms with Gasteiger partial charge in [0.15, 0.2) is 0 Å². The standard InChI is InChI=1S/C16H22N2O2/c1-12-7-9-18(10-8-12)16(19)6-4-13-3-5-15(20-2)14(17)11-13/h3-6,11-12H,7-10,17H2,1-2H3/b6-4+. The van der Waals surface area contributed by atoms with Crippen molar-refractivity contribution in [2.24, 2.45) is 5.92 Å². The first-order valence-corrected chi connectivity index (χ1v) is 7.00. The average Bonchev–Trinajstić information content (AvgIpc) is 2.45. The molecule has 20 heavy (non-hydrogen) atoms. The molecule has 1 aromatic carbocycles. The van der Waals surface area contributed by atoms with Crippen molar-refractivity contribution in [3.63, 3.8) is 0 Å². The van der Waals surface area contributed by atoms with Crippen molar-refractivity contribution in [2.75, 3.05) is 25.9 Å². The fraction of sp³-hybridized carbons (Fsp3) is 0.438. The molecular formula is C16H22N2O2. The van der Waals surface area contributed by atoms with E-state index < -0.39 is 0 Å². The number of likely N-dealkylation sites (tertiary alicyclic amines) is 1. The van der Waals surface area contributed by atoms with Crippen LogP contribution >= 0.6 is 0 Å². The highest BCUT2D eigenvalue weighted by atomic mass is 16.5. The molecule has 4 heteroatoms. The first-order chi connectivity index (χ1) is 9.60. The first-order valence-electron chi connectivity index (χ1n) is 7.00. The zero-order valence-corrected chi connectivity index (χ0v) is 12.1. The van der Waals surface area contributed by atoms with Gasteiger partial charge in [-0.2, -0.15) is 0 Å². The Kier molecular flexibility index (Phi) is 4.66. The summed E-state index contributed by atoms with van der Waals surface area (Å²) in [7, 11) is 1.59. The topological polar surface area (TPSA) is 55.6 Å². The van der Waals surface area contributed by atoms with Crippen molar-refractivity contribution in [3.8, 4) is 5.75 Å². The lowest BCUT2D eigenvalue weighted by Gasteiger charge is -2.29. The Morgan fingerprint density at radius 1 is 1.40 bits per heavy atom. The molecule has 2 rings (SSSR count). The molecule has 0 aromatic heterocycles. The highest BCUT2D eigenvalue weighted by Gasteiger charge is 2.18. The molecule has 0 unspecified atom stereocenters. The zero-order valence-electron chi connectivity index (χ0n) is 12.1. The predicted octanol–water partition coefficient (Wildman–Crippen LogP) is 2.55. The Balaban J connectivity index is 1.98. The summed E-state index contributed by atoms with van der Waals surface area (Å²) in [6.07, 6.45) is 5.61.